The van der Waals surface area contributed by atoms with Crippen molar-refractivity contribution in [1.29, 1.82) is 0 Å². The standard InChI is InChI=1S/C25H18Br2O/c26-19-11-7-15-3-1-13-5-9-17(23(19)21(13)15)25(28)18-10-6-14-2-4-16-8-12-20(27)24(18)22(14)16/h5-12,25,28H,1-4H2. The average Bonchev–Trinajstić information content (AvgIpc) is 3.32. The molecular weight excluding hydrogens is 476 g/mol. The van der Waals surface area contributed by atoms with Crippen LogP contribution in [0.5, 0.6) is 0 Å². The van der Waals surface area contributed by atoms with Crippen molar-refractivity contribution in [3.8, 4) is 0 Å². The molecule has 0 fully saturated rings. The Morgan fingerprint density at radius 2 is 0.893 bits per heavy atom. The molecule has 4 aromatic carbocycles. The monoisotopic (exact) mass is 492 g/mol. The fourth-order valence-electron chi connectivity index (χ4n) is 5.25. The van der Waals surface area contributed by atoms with E-state index in [1.54, 1.807) is 0 Å². The number of hydrogen-bond acceptors (Lipinski definition) is 1. The molecule has 6 rings (SSSR count). The van der Waals surface area contributed by atoms with E-state index in [1.165, 1.54) is 43.8 Å². The third kappa shape index (κ3) is 2.27. The Balaban J connectivity index is 1.65. The molecule has 0 saturated heterocycles. The number of halogens is 2. The van der Waals surface area contributed by atoms with Crippen molar-refractivity contribution in [2.75, 3.05) is 0 Å². The Hall–Kier alpha value is -1.68. The molecule has 0 radical (unpaired) electrons. The molecule has 28 heavy (non-hydrogen) atoms. The highest BCUT2D eigenvalue weighted by atomic mass is 79.9. The first-order valence-electron chi connectivity index (χ1n) is 9.77. The molecule has 0 unspecified atom stereocenters. The van der Waals surface area contributed by atoms with Crippen LogP contribution in [0.25, 0.3) is 21.5 Å². The normalized spacial score (nSPS) is 14.7. The molecule has 2 aliphatic rings. The van der Waals surface area contributed by atoms with Crippen LogP contribution in [0.3, 0.4) is 0 Å². The summed E-state index contributed by atoms with van der Waals surface area (Å²) in [7, 11) is 0. The van der Waals surface area contributed by atoms with Crippen molar-refractivity contribution < 1.29 is 5.11 Å². The van der Waals surface area contributed by atoms with E-state index in [0.29, 0.717) is 0 Å². The van der Waals surface area contributed by atoms with Crippen LogP contribution in [0.4, 0.5) is 0 Å². The first kappa shape index (κ1) is 17.2. The summed E-state index contributed by atoms with van der Waals surface area (Å²) in [6.07, 6.45) is 3.69. The molecule has 0 saturated carbocycles. The molecule has 0 atom stereocenters. The van der Waals surface area contributed by atoms with E-state index >= 15 is 0 Å². The van der Waals surface area contributed by atoms with Crippen LogP contribution in [-0.2, 0) is 25.7 Å². The van der Waals surface area contributed by atoms with Crippen molar-refractivity contribution in [3.05, 3.63) is 90.9 Å². The second-order valence-corrected chi connectivity index (χ2v) is 9.65. The molecule has 0 aromatic heterocycles. The van der Waals surface area contributed by atoms with E-state index in [2.05, 4.69) is 80.4 Å². The minimum absolute atomic E-state index is 0.664. The summed E-state index contributed by atoms with van der Waals surface area (Å²) in [5, 5.41) is 16.6. The molecule has 0 heterocycles. The number of aliphatic hydroxyl groups excluding tert-OH is 1. The van der Waals surface area contributed by atoms with Gasteiger partial charge in [-0.2, -0.15) is 0 Å². The van der Waals surface area contributed by atoms with Crippen molar-refractivity contribution >= 4 is 53.4 Å². The minimum Gasteiger partial charge on any atom is -0.384 e. The Labute approximate surface area is 180 Å². The maximum Gasteiger partial charge on any atom is 0.105 e. The number of aliphatic hydroxyl groups is 1. The van der Waals surface area contributed by atoms with E-state index in [1.807, 2.05) is 0 Å². The zero-order valence-corrected chi connectivity index (χ0v) is 18.4. The fraction of sp³-hybridized carbons (Fsp3) is 0.200. The molecule has 0 aliphatic heterocycles. The Bertz CT molecular complexity index is 1180. The van der Waals surface area contributed by atoms with Crippen LogP contribution >= 0.6 is 31.9 Å². The number of rotatable bonds is 2. The van der Waals surface area contributed by atoms with Gasteiger partial charge < -0.3 is 5.11 Å². The quantitative estimate of drug-likeness (QED) is 0.325. The maximum absolute atomic E-state index is 11.6. The van der Waals surface area contributed by atoms with Gasteiger partial charge in [-0.1, -0.05) is 68.3 Å². The smallest absolute Gasteiger partial charge is 0.105 e. The Morgan fingerprint density at radius 3 is 1.29 bits per heavy atom. The molecule has 1 nitrogen and oxygen atoms in total. The Morgan fingerprint density at radius 1 is 0.536 bits per heavy atom. The number of benzene rings is 4. The second kappa shape index (κ2) is 6.16. The lowest BCUT2D eigenvalue weighted by atomic mass is 9.90. The lowest BCUT2D eigenvalue weighted by Crippen LogP contribution is -2.03. The largest absolute Gasteiger partial charge is 0.384 e. The average molecular weight is 494 g/mol. The van der Waals surface area contributed by atoms with Gasteiger partial charge in [0.25, 0.3) is 0 Å². The van der Waals surface area contributed by atoms with E-state index in [4.69, 9.17) is 0 Å². The summed E-state index contributed by atoms with van der Waals surface area (Å²) < 4.78 is 2.13. The van der Waals surface area contributed by atoms with Gasteiger partial charge in [0.2, 0.25) is 0 Å². The van der Waals surface area contributed by atoms with Crippen molar-refractivity contribution in [2.45, 2.75) is 31.8 Å². The van der Waals surface area contributed by atoms with E-state index in [-0.39, 0.29) is 0 Å². The number of hydrogen-bond donors (Lipinski definition) is 1. The fourth-order valence-corrected chi connectivity index (χ4v) is 6.37. The predicted octanol–water partition coefficient (Wildman–Crippen LogP) is 6.80. The summed E-state index contributed by atoms with van der Waals surface area (Å²) in [5.74, 6) is 0. The van der Waals surface area contributed by atoms with Gasteiger partial charge in [-0.05, 0) is 82.0 Å². The summed E-state index contributed by atoms with van der Waals surface area (Å²) in [6.45, 7) is 0. The summed E-state index contributed by atoms with van der Waals surface area (Å²) >= 11 is 7.52. The molecule has 3 heteroatoms. The van der Waals surface area contributed by atoms with Gasteiger partial charge in [-0.25, -0.2) is 0 Å². The van der Waals surface area contributed by atoms with Crippen LogP contribution in [0.2, 0.25) is 0 Å². The van der Waals surface area contributed by atoms with Crippen molar-refractivity contribution in [2.24, 2.45) is 0 Å². The second-order valence-electron chi connectivity index (χ2n) is 7.94. The molecule has 138 valence electrons. The van der Waals surface area contributed by atoms with Gasteiger partial charge in [0.05, 0.1) is 0 Å². The summed E-state index contributed by atoms with van der Waals surface area (Å²) in [6, 6.07) is 17.4. The first-order chi connectivity index (χ1) is 13.6. The molecule has 0 amide bonds. The van der Waals surface area contributed by atoms with E-state index < -0.39 is 6.10 Å². The first-order valence-corrected chi connectivity index (χ1v) is 11.4. The van der Waals surface area contributed by atoms with E-state index in [0.717, 1.165) is 45.8 Å². The van der Waals surface area contributed by atoms with Gasteiger partial charge in [-0.3, -0.25) is 0 Å². The highest BCUT2D eigenvalue weighted by Gasteiger charge is 2.25. The van der Waals surface area contributed by atoms with Gasteiger partial charge >= 0.3 is 0 Å². The summed E-state index contributed by atoms with van der Waals surface area (Å²) in [4.78, 5) is 0. The van der Waals surface area contributed by atoms with Gasteiger partial charge in [0.1, 0.15) is 6.10 Å². The van der Waals surface area contributed by atoms with Crippen molar-refractivity contribution in [3.63, 3.8) is 0 Å². The van der Waals surface area contributed by atoms with Crippen LogP contribution in [0, 0.1) is 0 Å². The highest BCUT2D eigenvalue weighted by Crippen LogP contribution is 2.44. The molecule has 0 spiro atoms. The summed E-state index contributed by atoms with van der Waals surface area (Å²) in [5.41, 5.74) is 7.54. The predicted molar refractivity (Wildman–Crippen MR) is 122 cm³/mol. The molecular formula is C25H18Br2O. The third-order valence-electron chi connectivity index (χ3n) is 6.55. The maximum atomic E-state index is 11.6. The zero-order valence-electron chi connectivity index (χ0n) is 15.2. The van der Waals surface area contributed by atoms with E-state index in [9.17, 15) is 5.11 Å². The van der Waals surface area contributed by atoms with Crippen LogP contribution in [0.1, 0.15) is 39.5 Å². The number of aryl methyl sites for hydroxylation is 4. The minimum atomic E-state index is -0.664. The SMILES string of the molecule is OC(c1ccc2c3c(ccc(Br)c13)CC2)c1ccc2c3c(ccc(Br)c13)CC2. The zero-order chi connectivity index (χ0) is 19.0. The third-order valence-corrected chi connectivity index (χ3v) is 7.87. The van der Waals surface area contributed by atoms with Gasteiger partial charge in [-0.15, -0.1) is 0 Å². The van der Waals surface area contributed by atoms with Crippen LogP contribution in [-0.4, -0.2) is 5.11 Å². The lowest BCUT2D eigenvalue weighted by molar-refractivity contribution is 0.223. The topological polar surface area (TPSA) is 20.2 Å². The van der Waals surface area contributed by atoms with Crippen LogP contribution < -0.4 is 0 Å². The highest BCUT2D eigenvalue weighted by molar-refractivity contribution is 9.11. The lowest BCUT2D eigenvalue weighted by Gasteiger charge is -2.19. The molecule has 1 N–H and O–H groups in total. The van der Waals surface area contributed by atoms with Crippen LogP contribution in [0.15, 0.2) is 57.5 Å². The van der Waals surface area contributed by atoms with Crippen molar-refractivity contribution in [1.82, 2.24) is 0 Å². The molecule has 4 aromatic rings. The van der Waals surface area contributed by atoms with Gasteiger partial charge in [0.15, 0.2) is 0 Å². The molecule has 2 aliphatic carbocycles. The Kier molecular flexibility index (Phi) is 3.78. The van der Waals surface area contributed by atoms with Gasteiger partial charge in [0, 0.05) is 19.7 Å². The molecule has 0 bridgehead atoms.